The molecule has 0 radical (unpaired) electrons. The zero-order valence-corrected chi connectivity index (χ0v) is 11.8. The summed E-state index contributed by atoms with van der Waals surface area (Å²) in [5.41, 5.74) is 7.32. The van der Waals surface area contributed by atoms with Gasteiger partial charge in [0.2, 0.25) is 0 Å². The summed E-state index contributed by atoms with van der Waals surface area (Å²) in [6.07, 6.45) is 0. The molecule has 0 saturated heterocycles. The van der Waals surface area contributed by atoms with Gasteiger partial charge in [0, 0.05) is 0 Å². The number of hydrogen-bond acceptors (Lipinski definition) is 3. The van der Waals surface area contributed by atoms with Crippen molar-refractivity contribution in [2.75, 3.05) is 12.8 Å². The third-order valence-electron chi connectivity index (χ3n) is 2.60. The maximum absolute atomic E-state index is 6.04. The van der Waals surface area contributed by atoms with E-state index in [-0.39, 0.29) is 0 Å². The number of rotatable bonds is 4. The highest BCUT2D eigenvalue weighted by Crippen LogP contribution is 2.32. The minimum absolute atomic E-state index is 0.355. The molecule has 0 spiro atoms. The monoisotopic (exact) mass is 297 g/mol. The molecule has 0 bridgehead atoms. The molecule has 0 heterocycles. The molecule has 0 atom stereocenters. The molecule has 2 rings (SSSR count). The zero-order chi connectivity index (χ0) is 13.8. The van der Waals surface area contributed by atoms with Gasteiger partial charge in [0.05, 0.1) is 17.8 Å². The molecule has 2 aromatic carbocycles. The van der Waals surface area contributed by atoms with Crippen LogP contribution in [0.5, 0.6) is 11.5 Å². The number of benzene rings is 2. The fourth-order valence-corrected chi connectivity index (χ4v) is 1.98. The third-order valence-corrected chi connectivity index (χ3v) is 3.41. The number of hydrogen-bond donors (Lipinski definition) is 1. The summed E-state index contributed by atoms with van der Waals surface area (Å²) >= 11 is 11.9. The Morgan fingerprint density at radius 2 is 1.89 bits per heavy atom. The first kappa shape index (κ1) is 13.8. The molecule has 100 valence electrons. The molecule has 0 amide bonds. The fourth-order valence-electron chi connectivity index (χ4n) is 1.63. The molecular formula is C14H13Cl2NO2. The Hall–Kier alpha value is -1.58. The third kappa shape index (κ3) is 3.25. The van der Waals surface area contributed by atoms with Crippen LogP contribution in [0.25, 0.3) is 0 Å². The van der Waals surface area contributed by atoms with Crippen molar-refractivity contribution in [1.82, 2.24) is 0 Å². The van der Waals surface area contributed by atoms with E-state index >= 15 is 0 Å². The summed E-state index contributed by atoms with van der Waals surface area (Å²) in [5, 5.41) is 0.874. The normalized spacial score (nSPS) is 10.3. The van der Waals surface area contributed by atoms with E-state index in [4.69, 9.17) is 38.4 Å². The number of nitrogen functional groups attached to an aromatic ring is 1. The molecule has 0 saturated carbocycles. The quantitative estimate of drug-likeness (QED) is 0.862. The first-order chi connectivity index (χ1) is 9.11. The van der Waals surface area contributed by atoms with E-state index in [0.717, 1.165) is 5.56 Å². The predicted octanol–water partition coefficient (Wildman–Crippen LogP) is 4.16. The van der Waals surface area contributed by atoms with Crippen LogP contribution in [0.15, 0.2) is 36.4 Å². The van der Waals surface area contributed by atoms with Crippen LogP contribution in [0.2, 0.25) is 10.0 Å². The van der Waals surface area contributed by atoms with Crippen molar-refractivity contribution in [2.45, 2.75) is 6.61 Å². The van der Waals surface area contributed by atoms with Crippen molar-refractivity contribution in [3.8, 4) is 11.5 Å². The molecule has 5 heteroatoms. The SMILES string of the molecule is COc1ccc(COc2cccc(Cl)c2Cl)cc1N. The lowest BCUT2D eigenvalue weighted by molar-refractivity contribution is 0.306. The van der Waals surface area contributed by atoms with Crippen molar-refractivity contribution in [3.63, 3.8) is 0 Å². The molecule has 0 aliphatic heterocycles. The van der Waals surface area contributed by atoms with E-state index in [2.05, 4.69) is 0 Å². The van der Waals surface area contributed by atoms with Crippen LogP contribution in [0.4, 0.5) is 5.69 Å². The lowest BCUT2D eigenvalue weighted by Crippen LogP contribution is -1.99. The highest BCUT2D eigenvalue weighted by Gasteiger charge is 2.06. The van der Waals surface area contributed by atoms with Gasteiger partial charge in [0.1, 0.15) is 23.1 Å². The van der Waals surface area contributed by atoms with E-state index in [1.165, 1.54) is 0 Å². The minimum atomic E-state index is 0.355. The van der Waals surface area contributed by atoms with Crippen LogP contribution < -0.4 is 15.2 Å². The average molecular weight is 298 g/mol. The molecular weight excluding hydrogens is 285 g/mol. The van der Waals surface area contributed by atoms with Gasteiger partial charge in [0.25, 0.3) is 0 Å². The van der Waals surface area contributed by atoms with Crippen LogP contribution in [0.3, 0.4) is 0 Å². The summed E-state index contributed by atoms with van der Waals surface area (Å²) < 4.78 is 10.7. The van der Waals surface area contributed by atoms with E-state index in [0.29, 0.717) is 33.8 Å². The lowest BCUT2D eigenvalue weighted by Gasteiger charge is -2.10. The summed E-state index contributed by atoms with van der Waals surface area (Å²) in [6.45, 7) is 0.355. The highest BCUT2D eigenvalue weighted by molar-refractivity contribution is 6.42. The van der Waals surface area contributed by atoms with E-state index in [1.807, 2.05) is 6.07 Å². The second-order valence-corrected chi connectivity index (χ2v) is 4.70. The summed E-state index contributed by atoms with van der Waals surface area (Å²) in [4.78, 5) is 0. The van der Waals surface area contributed by atoms with E-state index in [1.54, 1.807) is 37.4 Å². The Morgan fingerprint density at radius 1 is 1.11 bits per heavy atom. The average Bonchev–Trinajstić information content (AvgIpc) is 2.40. The van der Waals surface area contributed by atoms with Gasteiger partial charge in [-0.2, -0.15) is 0 Å². The van der Waals surface area contributed by atoms with Crippen LogP contribution in [-0.4, -0.2) is 7.11 Å². The van der Waals surface area contributed by atoms with Gasteiger partial charge < -0.3 is 15.2 Å². The van der Waals surface area contributed by atoms with E-state index in [9.17, 15) is 0 Å². The molecule has 3 nitrogen and oxygen atoms in total. The zero-order valence-electron chi connectivity index (χ0n) is 10.3. The van der Waals surface area contributed by atoms with Gasteiger partial charge in [-0.15, -0.1) is 0 Å². The molecule has 0 aliphatic carbocycles. The van der Waals surface area contributed by atoms with Crippen molar-refractivity contribution < 1.29 is 9.47 Å². The van der Waals surface area contributed by atoms with E-state index < -0.39 is 0 Å². The molecule has 2 aromatic rings. The molecule has 0 aliphatic rings. The molecule has 0 aromatic heterocycles. The van der Waals surface area contributed by atoms with Gasteiger partial charge in [-0.3, -0.25) is 0 Å². The Balaban J connectivity index is 2.10. The van der Waals surface area contributed by atoms with Crippen molar-refractivity contribution in [3.05, 3.63) is 52.0 Å². The fraction of sp³-hybridized carbons (Fsp3) is 0.143. The topological polar surface area (TPSA) is 44.5 Å². The molecule has 2 N–H and O–H groups in total. The van der Waals surface area contributed by atoms with Crippen LogP contribution in [0, 0.1) is 0 Å². The predicted molar refractivity (Wildman–Crippen MR) is 78.2 cm³/mol. The summed E-state index contributed by atoms with van der Waals surface area (Å²) in [6, 6.07) is 10.7. The Morgan fingerprint density at radius 3 is 2.58 bits per heavy atom. The van der Waals surface area contributed by atoms with Gasteiger partial charge in [-0.1, -0.05) is 35.3 Å². The number of ether oxygens (including phenoxy) is 2. The van der Waals surface area contributed by atoms with Gasteiger partial charge in [-0.05, 0) is 29.8 Å². The number of anilines is 1. The standard InChI is InChI=1S/C14H13Cl2NO2/c1-18-12-6-5-9(7-11(12)17)8-19-13-4-2-3-10(15)14(13)16/h2-7H,8,17H2,1H3. The maximum Gasteiger partial charge on any atom is 0.141 e. The lowest BCUT2D eigenvalue weighted by atomic mass is 10.2. The van der Waals surface area contributed by atoms with Gasteiger partial charge >= 0.3 is 0 Å². The summed E-state index contributed by atoms with van der Waals surface area (Å²) in [7, 11) is 1.58. The Labute approximate surface area is 121 Å². The van der Waals surface area contributed by atoms with Crippen LogP contribution >= 0.6 is 23.2 Å². The summed E-state index contributed by atoms with van der Waals surface area (Å²) in [5.74, 6) is 1.19. The Bertz CT molecular complexity index is 588. The van der Waals surface area contributed by atoms with Crippen LogP contribution in [-0.2, 0) is 6.61 Å². The number of methoxy groups -OCH3 is 1. The van der Waals surface area contributed by atoms with Gasteiger partial charge in [-0.25, -0.2) is 0 Å². The minimum Gasteiger partial charge on any atom is -0.495 e. The number of halogens is 2. The van der Waals surface area contributed by atoms with Crippen molar-refractivity contribution in [1.29, 1.82) is 0 Å². The molecule has 19 heavy (non-hydrogen) atoms. The second-order valence-electron chi connectivity index (χ2n) is 3.92. The number of nitrogens with two attached hydrogens (primary N) is 1. The molecule has 0 fully saturated rings. The van der Waals surface area contributed by atoms with Crippen molar-refractivity contribution >= 4 is 28.9 Å². The molecule has 0 unspecified atom stereocenters. The first-order valence-electron chi connectivity index (χ1n) is 5.61. The van der Waals surface area contributed by atoms with Crippen molar-refractivity contribution in [2.24, 2.45) is 0 Å². The Kier molecular flexibility index (Phi) is 4.40. The largest absolute Gasteiger partial charge is 0.495 e. The highest BCUT2D eigenvalue weighted by atomic mass is 35.5. The maximum atomic E-state index is 6.04. The second kappa shape index (κ2) is 6.04. The van der Waals surface area contributed by atoms with Gasteiger partial charge in [0.15, 0.2) is 0 Å². The van der Waals surface area contributed by atoms with Crippen LogP contribution in [0.1, 0.15) is 5.56 Å². The smallest absolute Gasteiger partial charge is 0.141 e. The first-order valence-corrected chi connectivity index (χ1v) is 6.36.